The minimum atomic E-state index is 0.972. The van der Waals surface area contributed by atoms with Crippen LogP contribution in [0.15, 0.2) is 59.6 Å². The zero-order valence-corrected chi connectivity index (χ0v) is 10.9. The highest BCUT2D eigenvalue weighted by Crippen LogP contribution is 2.27. The molecule has 18 heavy (non-hydrogen) atoms. The Hall–Kier alpha value is -2.09. The van der Waals surface area contributed by atoms with Crippen LogP contribution >= 0.6 is 0 Å². The van der Waals surface area contributed by atoms with Gasteiger partial charge < -0.3 is 5.32 Å². The molecule has 0 spiro atoms. The van der Waals surface area contributed by atoms with Crippen molar-refractivity contribution in [2.24, 2.45) is 4.99 Å². The molecule has 0 aliphatic heterocycles. The Bertz CT molecular complexity index is 530. The third-order valence-electron chi connectivity index (χ3n) is 2.78. The van der Waals surface area contributed by atoms with E-state index in [0.717, 1.165) is 29.2 Å². The molecule has 0 aliphatic rings. The van der Waals surface area contributed by atoms with E-state index in [-0.39, 0.29) is 0 Å². The first-order chi connectivity index (χ1) is 8.79. The molecule has 0 aromatic heterocycles. The van der Waals surface area contributed by atoms with Gasteiger partial charge in [0.05, 0.1) is 11.4 Å². The van der Waals surface area contributed by atoms with Gasteiger partial charge in [-0.3, -0.25) is 4.99 Å². The highest BCUT2D eigenvalue weighted by molar-refractivity contribution is 5.87. The van der Waals surface area contributed by atoms with E-state index in [9.17, 15) is 0 Å². The lowest BCUT2D eigenvalue weighted by Gasteiger charge is -2.09. The van der Waals surface area contributed by atoms with E-state index in [1.54, 1.807) is 0 Å². The van der Waals surface area contributed by atoms with Crippen molar-refractivity contribution in [1.29, 1.82) is 0 Å². The standard InChI is InChI=1S/C16H18N2/c1-3-13(2)17-15-11-7-8-12-16(15)18-14-9-5-4-6-10-14/h4-12,18H,3H2,1-2H3/b17-13-. The molecule has 2 rings (SSSR count). The van der Waals surface area contributed by atoms with Crippen molar-refractivity contribution >= 4 is 22.8 Å². The van der Waals surface area contributed by atoms with Crippen LogP contribution in [-0.2, 0) is 0 Å². The lowest BCUT2D eigenvalue weighted by molar-refractivity contribution is 1.25. The molecule has 92 valence electrons. The first-order valence-electron chi connectivity index (χ1n) is 6.25. The number of benzene rings is 2. The maximum atomic E-state index is 4.63. The molecule has 0 heterocycles. The third-order valence-corrected chi connectivity index (χ3v) is 2.78. The van der Waals surface area contributed by atoms with E-state index in [0.29, 0.717) is 0 Å². The Morgan fingerprint density at radius 1 is 1.00 bits per heavy atom. The smallest absolute Gasteiger partial charge is 0.0863 e. The minimum absolute atomic E-state index is 0.972. The summed E-state index contributed by atoms with van der Waals surface area (Å²) < 4.78 is 0. The number of hydrogen-bond donors (Lipinski definition) is 1. The molecule has 0 amide bonds. The van der Waals surface area contributed by atoms with E-state index >= 15 is 0 Å². The van der Waals surface area contributed by atoms with Crippen molar-refractivity contribution in [3.63, 3.8) is 0 Å². The number of anilines is 2. The topological polar surface area (TPSA) is 24.4 Å². The van der Waals surface area contributed by atoms with Gasteiger partial charge in [0.15, 0.2) is 0 Å². The summed E-state index contributed by atoms with van der Waals surface area (Å²) in [5, 5.41) is 3.39. The van der Waals surface area contributed by atoms with Crippen molar-refractivity contribution in [2.45, 2.75) is 20.3 Å². The first kappa shape index (κ1) is 12.4. The van der Waals surface area contributed by atoms with Crippen molar-refractivity contribution in [3.05, 3.63) is 54.6 Å². The number of para-hydroxylation sites is 3. The first-order valence-corrected chi connectivity index (χ1v) is 6.25. The molecule has 0 saturated carbocycles. The van der Waals surface area contributed by atoms with Gasteiger partial charge >= 0.3 is 0 Å². The SMILES string of the molecule is CC/C(C)=N\c1ccccc1Nc1ccccc1. The number of nitrogens with zero attached hydrogens (tertiary/aromatic N) is 1. The summed E-state index contributed by atoms with van der Waals surface area (Å²) in [4.78, 5) is 4.63. The lowest BCUT2D eigenvalue weighted by atomic mass is 10.2. The molecule has 2 aromatic carbocycles. The largest absolute Gasteiger partial charge is 0.354 e. The Morgan fingerprint density at radius 2 is 1.67 bits per heavy atom. The molecule has 0 aliphatic carbocycles. The van der Waals surface area contributed by atoms with Crippen molar-refractivity contribution in [2.75, 3.05) is 5.32 Å². The second kappa shape index (κ2) is 6.01. The Labute approximate surface area is 108 Å². The Morgan fingerprint density at radius 3 is 2.39 bits per heavy atom. The van der Waals surface area contributed by atoms with E-state index in [1.807, 2.05) is 48.5 Å². The second-order valence-corrected chi connectivity index (χ2v) is 4.21. The summed E-state index contributed by atoms with van der Waals surface area (Å²) >= 11 is 0. The minimum Gasteiger partial charge on any atom is -0.354 e. The lowest BCUT2D eigenvalue weighted by Crippen LogP contribution is -1.92. The fourth-order valence-electron chi connectivity index (χ4n) is 1.64. The van der Waals surface area contributed by atoms with Gasteiger partial charge in [0, 0.05) is 11.4 Å². The van der Waals surface area contributed by atoms with Crippen LogP contribution in [0.3, 0.4) is 0 Å². The van der Waals surface area contributed by atoms with Crippen molar-refractivity contribution in [1.82, 2.24) is 0 Å². The van der Waals surface area contributed by atoms with Gasteiger partial charge in [0.2, 0.25) is 0 Å². The fourth-order valence-corrected chi connectivity index (χ4v) is 1.64. The molecule has 0 bridgehead atoms. The van der Waals surface area contributed by atoms with E-state index in [2.05, 4.69) is 30.2 Å². The summed E-state index contributed by atoms with van der Waals surface area (Å²) in [7, 11) is 0. The molecule has 0 radical (unpaired) electrons. The van der Waals surface area contributed by atoms with Crippen molar-refractivity contribution < 1.29 is 0 Å². The summed E-state index contributed by atoms with van der Waals surface area (Å²) in [6.45, 7) is 4.17. The van der Waals surface area contributed by atoms with Crippen LogP contribution in [-0.4, -0.2) is 5.71 Å². The molecule has 2 aromatic rings. The molecular formula is C16H18N2. The Balaban J connectivity index is 2.28. The molecule has 2 heteroatoms. The average Bonchev–Trinajstić information content (AvgIpc) is 2.42. The zero-order valence-electron chi connectivity index (χ0n) is 10.9. The zero-order chi connectivity index (χ0) is 12.8. The number of nitrogens with one attached hydrogen (secondary N) is 1. The molecule has 0 fully saturated rings. The summed E-state index contributed by atoms with van der Waals surface area (Å²) in [6.07, 6.45) is 0.972. The van der Waals surface area contributed by atoms with Crippen LogP contribution in [0.25, 0.3) is 0 Å². The quantitative estimate of drug-likeness (QED) is 0.750. The highest BCUT2D eigenvalue weighted by atomic mass is 14.9. The van der Waals surface area contributed by atoms with Crippen LogP contribution in [0.5, 0.6) is 0 Å². The van der Waals surface area contributed by atoms with E-state index in [1.165, 1.54) is 0 Å². The molecule has 0 saturated heterocycles. The second-order valence-electron chi connectivity index (χ2n) is 4.21. The number of aliphatic imine (C=N–C) groups is 1. The molecule has 0 unspecified atom stereocenters. The molecule has 2 nitrogen and oxygen atoms in total. The van der Waals surface area contributed by atoms with Crippen LogP contribution in [0.1, 0.15) is 20.3 Å². The summed E-state index contributed by atoms with van der Waals surface area (Å²) in [5.74, 6) is 0. The molecule has 1 N–H and O–H groups in total. The number of rotatable bonds is 4. The number of hydrogen-bond acceptors (Lipinski definition) is 2. The van der Waals surface area contributed by atoms with Gasteiger partial charge in [0.1, 0.15) is 0 Å². The maximum absolute atomic E-state index is 4.63. The predicted octanol–water partition coefficient (Wildman–Crippen LogP) is 4.93. The van der Waals surface area contributed by atoms with E-state index < -0.39 is 0 Å². The average molecular weight is 238 g/mol. The molecular weight excluding hydrogens is 220 g/mol. The van der Waals surface area contributed by atoms with Gasteiger partial charge in [-0.25, -0.2) is 0 Å². The molecule has 0 atom stereocenters. The predicted molar refractivity (Wildman–Crippen MR) is 79.2 cm³/mol. The van der Waals surface area contributed by atoms with Gasteiger partial charge in [-0.15, -0.1) is 0 Å². The Kier molecular flexibility index (Phi) is 4.13. The third kappa shape index (κ3) is 3.20. The van der Waals surface area contributed by atoms with Gasteiger partial charge in [0.25, 0.3) is 0 Å². The van der Waals surface area contributed by atoms with Gasteiger partial charge in [-0.2, -0.15) is 0 Å². The summed E-state index contributed by atoms with van der Waals surface area (Å²) in [5.41, 5.74) is 4.24. The van der Waals surface area contributed by atoms with Crippen molar-refractivity contribution in [3.8, 4) is 0 Å². The monoisotopic (exact) mass is 238 g/mol. The summed E-state index contributed by atoms with van der Waals surface area (Å²) in [6, 6.07) is 18.3. The van der Waals surface area contributed by atoms with Crippen LogP contribution in [0, 0.1) is 0 Å². The van der Waals surface area contributed by atoms with Crippen LogP contribution < -0.4 is 5.32 Å². The normalized spacial score (nSPS) is 11.3. The van der Waals surface area contributed by atoms with Crippen LogP contribution in [0.4, 0.5) is 17.1 Å². The van der Waals surface area contributed by atoms with Gasteiger partial charge in [-0.05, 0) is 37.6 Å². The fraction of sp³-hybridized carbons (Fsp3) is 0.188. The van der Waals surface area contributed by atoms with Gasteiger partial charge in [-0.1, -0.05) is 37.3 Å². The van der Waals surface area contributed by atoms with Crippen LogP contribution in [0.2, 0.25) is 0 Å². The maximum Gasteiger partial charge on any atom is 0.0863 e. The highest BCUT2D eigenvalue weighted by Gasteiger charge is 2.00. The van der Waals surface area contributed by atoms with E-state index in [4.69, 9.17) is 0 Å².